The summed E-state index contributed by atoms with van der Waals surface area (Å²) in [6.45, 7) is 9.21. The number of aromatic nitrogens is 2. The molecule has 2 aliphatic heterocycles. The lowest BCUT2D eigenvalue weighted by Gasteiger charge is -2.42. The number of nitrogens with one attached hydrogen (secondary N) is 1. The van der Waals surface area contributed by atoms with Gasteiger partial charge in [0, 0.05) is 44.5 Å². The van der Waals surface area contributed by atoms with E-state index in [4.69, 9.17) is 11.5 Å². The molecule has 0 spiro atoms. The normalized spacial score (nSPS) is 19.6. The largest absolute Gasteiger partial charge is 0.354 e. The van der Waals surface area contributed by atoms with Crippen LogP contribution in [0.15, 0.2) is 41.3 Å². The first-order valence-electron chi connectivity index (χ1n) is 12.8. The Kier molecular flexibility index (Phi) is 7.96. The molecular weight excluding hydrogens is 472 g/mol. The number of piperazine rings is 1. The van der Waals surface area contributed by atoms with Crippen molar-refractivity contribution in [1.29, 1.82) is 0 Å². The fourth-order valence-electron chi connectivity index (χ4n) is 4.80. The highest BCUT2D eigenvalue weighted by Gasteiger charge is 2.35. The Morgan fingerprint density at radius 2 is 1.76 bits per heavy atom. The van der Waals surface area contributed by atoms with Gasteiger partial charge in [-0.2, -0.15) is 4.98 Å². The SMILES string of the molecule is C[C@@H]1CN(C(=O)Nc2ccn(-c3ccc(CN4CCC(N)CC4)cc3)c(=O)n2)CCN1C(=O)C(C)(C)N. The fourth-order valence-corrected chi connectivity index (χ4v) is 4.80. The number of nitrogens with zero attached hydrogens (tertiary/aromatic N) is 5. The molecule has 0 saturated carbocycles. The van der Waals surface area contributed by atoms with Crippen LogP contribution in [0.1, 0.15) is 39.2 Å². The fraction of sp³-hybridized carbons (Fsp3) is 0.538. The van der Waals surface area contributed by atoms with Gasteiger partial charge in [-0.3, -0.25) is 19.6 Å². The predicted octanol–water partition coefficient (Wildman–Crippen LogP) is 0.958. The van der Waals surface area contributed by atoms with Gasteiger partial charge in [0.2, 0.25) is 5.91 Å². The molecule has 11 nitrogen and oxygen atoms in total. The second-order valence-corrected chi connectivity index (χ2v) is 10.7. The van der Waals surface area contributed by atoms with Crippen LogP contribution in [0.5, 0.6) is 0 Å². The Morgan fingerprint density at radius 1 is 1.08 bits per heavy atom. The standard InChI is InChI=1S/C26H38N8O3/c1-18-16-32(14-15-33(18)23(35)26(2,3)28)24(36)29-22-10-13-34(25(37)30-22)21-6-4-19(5-7-21)17-31-11-8-20(27)9-12-31/h4-7,10,13,18,20H,8-9,11-12,14-17,27-28H2,1-3H3,(H,29,30,36,37)/t18-/m1/s1. The van der Waals surface area contributed by atoms with E-state index in [1.165, 1.54) is 10.1 Å². The monoisotopic (exact) mass is 510 g/mol. The first-order chi connectivity index (χ1) is 17.5. The van der Waals surface area contributed by atoms with Gasteiger partial charge >= 0.3 is 11.7 Å². The quantitative estimate of drug-likeness (QED) is 0.544. The summed E-state index contributed by atoms with van der Waals surface area (Å²) < 4.78 is 1.44. The number of benzene rings is 1. The number of hydrogen-bond acceptors (Lipinski definition) is 7. The molecule has 200 valence electrons. The van der Waals surface area contributed by atoms with Crippen molar-refractivity contribution in [1.82, 2.24) is 24.3 Å². The Balaban J connectivity index is 1.34. The van der Waals surface area contributed by atoms with Gasteiger partial charge in [0.15, 0.2) is 0 Å². The van der Waals surface area contributed by atoms with Gasteiger partial charge in [0.1, 0.15) is 5.82 Å². The molecule has 0 aliphatic carbocycles. The van der Waals surface area contributed by atoms with E-state index < -0.39 is 11.2 Å². The molecule has 0 bridgehead atoms. The lowest BCUT2D eigenvalue weighted by Crippen LogP contribution is -2.61. The molecule has 2 saturated heterocycles. The zero-order valence-corrected chi connectivity index (χ0v) is 21.9. The second-order valence-electron chi connectivity index (χ2n) is 10.7. The molecule has 0 radical (unpaired) electrons. The maximum absolute atomic E-state index is 12.8. The topological polar surface area (TPSA) is 143 Å². The number of hydrogen-bond donors (Lipinski definition) is 3. The third-order valence-electron chi connectivity index (χ3n) is 7.02. The molecule has 1 aromatic carbocycles. The van der Waals surface area contributed by atoms with E-state index in [-0.39, 0.29) is 23.8 Å². The van der Waals surface area contributed by atoms with Gasteiger partial charge in [-0.15, -0.1) is 0 Å². The number of piperidine rings is 1. The third-order valence-corrected chi connectivity index (χ3v) is 7.02. The molecular formula is C26H38N8O3. The number of likely N-dealkylation sites (tertiary alicyclic amines) is 1. The van der Waals surface area contributed by atoms with Gasteiger partial charge in [-0.1, -0.05) is 12.1 Å². The van der Waals surface area contributed by atoms with Gasteiger partial charge in [-0.25, -0.2) is 9.59 Å². The van der Waals surface area contributed by atoms with Crippen molar-refractivity contribution in [2.24, 2.45) is 11.5 Å². The molecule has 37 heavy (non-hydrogen) atoms. The third kappa shape index (κ3) is 6.54. The van der Waals surface area contributed by atoms with Crippen LogP contribution in [-0.4, -0.2) is 86.5 Å². The molecule has 3 heterocycles. The van der Waals surface area contributed by atoms with Crippen LogP contribution in [0, 0.1) is 0 Å². The molecule has 11 heteroatoms. The summed E-state index contributed by atoms with van der Waals surface area (Å²) in [5, 5.41) is 2.70. The minimum atomic E-state index is -0.963. The van der Waals surface area contributed by atoms with E-state index in [2.05, 4.69) is 15.2 Å². The molecule has 4 rings (SSSR count). The van der Waals surface area contributed by atoms with Crippen LogP contribution in [-0.2, 0) is 11.3 Å². The van der Waals surface area contributed by atoms with E-state index in [0.29, 0.717) is 31.4 Å². The van der Waals surface area contributed by atoms with E-state index in [1.54, 1.807) is 35.9 Å². The summed E-state index contributed by atoms with van der Waals surface area (Å²) in [7, 11) is 0. The summed E-state index contributed by atoms with van der Waals surface area (Å²) >= 11 is 0. The molecule has 3 amide bonds. The zero-order valence-electron chi connectivity index (χ0n) is 21.9. The van der Waals surface area contributed by atoms with Gasteiger partial charge in [0.05, 0.1) is 11.2 Å². The maximum Gasteiger partial charge on any atom is 0.354 e. The molecule has 1 aromatic heterocycles. The number of nitrogens with two attached hydrogens (primary N) is 2. The van der Waals surface area contributed by atoms with Crippen molar-refractivity contribution >= 4 is 17.8 Å². The molecule has 2 fully saturated rings. The highest BCUT2D eigenvalue weighted by molar-refractivity contribution is 5.89. The van der Waals surface area contributed by atoms with Crippen LogP contribution in [0.4, 0.5) is 10.6 Å². The number of anilines is 1. The number of amides is 3. The lowest BCUT2D eigenvalue weighted by molar-refractivity contribution is -0.139. The lowest BCUT2D eigenvalue weighted by atomic mass is 10.0. The highest BCUT2D eigenvalue weighted by atomic mass is 16.2. The molecule has 2 aromatic rings. The summed E-state index contributed by atoms with van der Waals surface area (Å²) in [5.74, 6) is 0.0371. The van der Waals surface area contributed by atoms with E-state index in [9.17, 15) is 14.4 Å². The van der Waals surface area contributed by atoms with Crippen molar-refractivity contribution in [3.63, 3.8) is 0 Å². The minimum Gasteiger partial charge on any atom is -0.335 e. The van der Waals surface area contributed by atoms with Crippen molar-refractivity contribution < 1.29 is 9.59 Å². The Bertz CT molecular complexity index is 1170. The van der Waals surface area contributed by atoms with E-state index in [0.717, 1.165) is 32.5 Å². The average molecular weight is 511 g/mol. The number of carbonyl (C=O) groups is 2. The van der Waals surface area contributed by atoms with Gasteiger partial charge in [-0.05, 0) is 70.5 Å². The summed E-state index contributed by atoms with van der Waals surface area (Å²) in [6.07, 6.45) is 3.64. The van der Waals surface area contributed by atoms with Crippen molar-refractivity contribution in [2.45, 2.75) is 57.8 Å². The molecule has 2 aliphatic rings. The Labute approximate surface area is 217 Å². The van der Waals surface area contributed by atoms with E-state index in [1.807, 2.05) is 31.2 Å². The second kappa shape index (κ2) is 11.0. The van der Waals surface area contributed by atoms with Crippen LogP contribution in [0.3, 0.4) is 0 Å². The van der Waals surface area contributed by atoms with Crippen LogP contribution < -0.4 is 22.5 Å². The highest BCUT2D eigenvalue weighted by Crippen LogP contribution is 2.17. The van der Waals surface area contributed by atoms with Crippen molar-refractivity contribution in [2.75, 3.05) is 38.0 Å². The first-order valence-corrected chi connectivity index (χ1v) is 12.8. The van der Waals surface area contributed by atoms with Gasteiger partial charge in [0.25, 0.3) is 0 Å². The molecule has 1 atom stereocenters. The molecule has 5 N–H and O–H groups in total. The summed E-state index contributed by atoms with van der Waals surface area (Å²) in [5.41, 5.74) is 12.4. The summed E-state index contributed by atoms with van der Waals surface area (Å²) in [6, 6.07) is 9.20. The smallest absolute Gasteiger partial charge is 0.335 e. The van der Waals surface area contributed by atoms with Crippen LogP contribution in [0.25, 0.3) is 5.69 Å². The van der Waals surface area contributed by atoms with Crippen LogP contribution >= 0.6 is 0 Å². The first kappa shape index (κ1) is 26.8. The summed E-state index contributed by atoms with van der Waals surface area (Å²) in [4.78, 5) is 47.8. The van der Waals surface area contributed by atoms with Gasteiger partial charge < -0.3 is 21.3 Å². The minimum absolute atomic E-state index is 0.144. The number of rotatable bonds is 5. The van der Waals surface area contributed by atoms with Crippen molar-refractivity contribution in [3.05, 3.63) is 52.6 Å². The average Bonchev–Trinajstić information content (AvgIpc) is 2.85. The predicted molar refractivity (Wildman–Crippen MR) is 142 cm³/mol. The maximum atomic E-state index is 12.8. The Hall–Kier alpha value is -3.28. The van der Waals surface area contributed by atoms with E-state index >= 15 is 0 Å². The van der Waals surface area contributed by atoms with Crippen LogP contribution in [0.2, 0.25) is 0 Å². The zero-order chi connectivity index (χ0) is 26.7. The Morgan fingerprint density at radius 3 is 2.35 bits per heavy atom. The van der Waals surface area contributed by atoms with Crippen molar-refractivity contribution in [3.8, 4) is 5.69 Å². The number of urea groups is 1. The number of carbonyl (C=O) groups excluding carboxylic acids is 2. The molecule has 0 unspecified atom stereocenters.